The van der Waals surface area contributed by atoms with Crippen LogP contribution in [-0.4, -0.2) is 39.0 Å². The van der Waals surface area contributed by atoms with Crippen molar-refractivity contribution in [3.63, 3.8) is 0 Å². The quantitative estimate of drug-likeness (QED) is 0.526. The van der Waals surface area contributed by atoms with Crippen molar-refractivity contribution in [2.45, 2.75) is 12.5 Å². The van der Waals surface area contributed by atoms with Crippen LogP contribution in [0.3, 0.4) is 0 Å². The van der Waals surface area contributed by atoms with Gasteiger partial charge in [0.2, 0.25) is 5.88 Å². The maximum atomic E-state index is 14.3. The number of para-hydroxylation sites is 1. The number of rotatable bonds is 7. The molecule has 3 aromatic rings. The van der Waals surface area contributed by atoms with Crippen LogP contribution in [0.25, 0.3) is 5.69 Å². The third-order valence-electron chi connectivity index (χ3n) is 4.27. The normalized spacial score (nSPS) is 11.7. The molecule has 3 N–H and O–H groups in total. The number of aromatic nitrogens is 2. The van der Waals surface area contributed by atoms with Crippen molar-refractivity contribution >= 4 is 23.5 Å². The van der Waals surface area contributed by atoms with Crippen LogP contribution >= 0.6 is 11.6 Å². The minimum absolute atomic E-state index is 0.0557. The number of halogens is 2. The Bertz CT molecular complexity index is 1100. The molecule has 30 heavy (non-hydrogen) atoms. The van der Waals surface area contributed by atoms with Crippen molar-refractivity contribution in [3.8, 4) is 17.3 Å². The molecule has 3 rings (SSSR count). The van der Waals surface area contributed by atoms with Crippen molar-refractivity contribution in [2.24, 2.45) is 0 Å². The second kappa shape index (κ2) is 8.83. The molecule has 0 aliphatic carbocycles. The molecular weight excluding hydrogens is 417 g/mol. The van der Waals surface area contributed by atoms with E-state index in [0.717, 1.165) is 16.8 Å². The van der Waals surface area contributed by atoms with Crippen LogP contribution < -0.4 is 10.1 Å². The van der Waals surface area contributed by atoms with Gasteiger partial charge < -0.3 is 20.3 Å². The Hall–Kier alpha value is -3.59. The molecule has 156 valence electrons. The first kappa shape index (κ1) is 21.1. The summed E-state index contributed by atoms with van der Waals surface area (Å²) in [5.74, 6) is -2.80. The second-order valence-electron chi connectivity index (χ2n) is 6.26. The van der Waals surface area contributed by atoms with E-state index in [4.69, 9.17) is 16.3 Å². The Balaban J connectivity index is 1.91. The minimum Gasteiger partial charge on any atom is -0.497 e. The van der Waals surface area contributed by atoms with Gasteiger partial charge in [0.1, 0.15) is 11.6 Å². The lowest BCUT2D eigenvalue weighted by atomic mass is 10.0. The van der Waals surface area contributed by atoms with Gasteiger partial charge in [-0.15, -0.1) is 0 Å². The number of aromatic hydroxyl groups is 1. The summed E-state index contributed by atoms with van der Waals surface area (Å²) in [7, 11) is 1.38. The Morgan fingerprint density at radius 1 is 1.27 bits per heavy atom. The van der Waals surface area contributed by atoms with E-state index in [1.807, 2.05) is 0 Å². The summed E-state index contributed by atoms with van der Waals surface area (Å²) >= 11 is 6.10. The lowest BCUT2D eigenvalue weighted by Crippen LogP contribution is -2.31. The molecule has 8 nitrogen and oxygen atoms in total. The maximum Gasteiger partial charge on any atom is 0.305 e. The second-order valence-corrected chi connectivity index (χ2v) is 6.67. The molecule has 2 aromatic carbocycles. The summed E-state index contributed by atoms with van der Waals surface area (Å²) in [5, 5.41) is 26.1. The predicted octanol–water partition coefficient (Wildman–Crippen LogP) is 3.32. The fourth-order valence-electron chi connectivity index (χ4n) is 2.84. The highest BCUT2D eigenvalue weighted by molar-refractivity contribution is 6.32. The van der Waals surface area contributed by atoms with E-state index in [2.05, 4.69) is 10.4 Å². The van der Waals surface area contributed by atoms with Crippen LogP contribution in [0, 0.1) is 5.82 Å². The third-order valence-corrected chi connectivity index (χ3v) is 4.59. The molecule has 1 atom stereocenters. The Morgan fingerprint density at radius 3 is 2.67 bits per heavy atom. The van der Waals surface area contributed by atoms with Gasteiger partial charge in [-0.25, -0.2) is 4.39 Å². The van der Waals surface area contributed by atoms with Crippen LogP contribution in [0.15, 0.2) is 48.5 Å². The first-order valence-electron chi connectivity index (χ1n) is 8.70. The lowest BCUT2D eigenvalue weighted by Gasteiger charge is -2.18. The zero-order chi connectivity index (χ0) is 21.8. The number of methoxy groups -OCH3 is 1. The average molecular weight is 434 g/mol. The van der Waals surface area contributed by atoms with Gasteiger partial charge in [0.05, 0.1) is 30.3 Å². The minimum atomic E-state index is -1.24. The van der Waals surface area contributed by atoms with Crippen molar-refractivity contribution in [1.29, 1.82) is 0 Å². The number of carboxylic acid groups (broad SMARTS) is 1. The first-order valence-corrected chi connectivity index (χ1v) is 9.08. The van der Waals surface area contributed by atoms with E-state index in [1.165, 1.54) is 19.2 Å². The highest BCUT2D eigenvalue weighted by atomic mass is 35.5. The van der Waals surface area contributed by atoms with Crippen LogP contribution in [0.1, 0.15) is 28.5 Å². The average Bonchev–Trinajstić information content (AvgIpc) is 3.09. The summed E-state index contributed by atoms with van der Waals surface area (Å²) in [5.41, 5.74) is 0.0858. The highest BCUT2D eigenvalue weighted by Crippen LogP contribution is 2.27. The highest BCUT2D eigenvalue weighted by Gasteiger charge is 2.25. The SMILES string of the molecule is COc1ccc(F)c(C(CC(=O)O)NC(=O)c2cc(O)n(-c3ccccc3Cl)n2)c1. The number of ether oxygens (including phenoxy) is 1. The van der Waals surface area contributed by atoms with Gasteiger partial charge in [0, 0.05) is 11.6 Å². The monoisotopic (exact) mass is 433 g/mol. The van der Waals surface area contributed by atoms with Gasteiger partial charge in [-0.2, -0.15) is 9.78 Å². The zero-order valence-electron chi connectivity index (χ0n) is 15.7. The van der Waals surface area contributed by atoms with E-state index in [1.54, 1.807) is 24.3 Å². The molecule has 1 aromatic heterocycles. The van der Waals surface area contributed by atoms with Gasteiger partial charge in [-0.1, -0.05) is 23.7 Å². The van der Waals surface area contributed by atoms with E-state index in [-0.39, 0.29) is 17.1 Å². The van der Waals surface area contributed by atoms with E-state index in [9.17, 15) is 24.2 Å². The largest absolute Gasteiger partial charge is 0.497 e. The van der Waals surface area contributed by atoms with Crippen LogP contribution in [0.4, 0.5) is 4.39 Å². The molecule has 0 fully saturated rings. The Kier molecular flexibility index (Phi) is 6.22. The number of benzene rings is 2. The molecule has 0 spiro atoms. The summed E-state index contributed by atoms with van der Waals surface area (Å²) in [6, 6.07) is 10.3. The van der Waals surface area contributed by atoms with Crippen LogP contribution in [0.5, 0.6) is 11.6 Å². The molecular formula is C20H17ClFN3O5. The summed E-state index contributed by atoms with van der Waals surface area (Å²) < 4.78 is 20.4. The van der Waals surface area contributed by atoms with E-state index >= 15 is 0 Å². The van der Waals surface area contributed by atoms with Crippen molar-refractivity contribution in [2.75, 3.05) is 7.11 Å². The topological polar surface area (TPSA) is 114 Å². The first-order chi connectivity index (χ1) is 14.3. The molecule has 0 aliphatic rings. The number of carbonyl (C=O) groups excluding carboxylic acids is 1. The Morgan fingerprint density at radius 2 is 2.00 bits per heavy atom. The number of carbonyl (C=O) groups is 2. The molecule has 0 saturated heterocycles. The van der Waals surface area contributed by atoms with Gasteiger partial charge in [0.15, 0.2) is 5.69 Å². The molecule has 10 heteroatoms. The van der Waals surface area contributed by atoms with Gasteiger partial charge in [0.25, 0.3) is 5.91 Å². The van der Waals surface area contributed by atoms with Gasteiger partial charge in [-0.05, 0) is 30.3 Å². The number of hydrogen-bond acceptors (Lipinski definition) is 5. The molecule has 1 amide bonds. The van der Waals surface area contributed by atoms with Gasteiger partial charge >= 0.3 is 5.97 Å². The zero-order valence-corrected chi connectivity index (χ0v) is 16.4. The number of aliphatic carboxylic acids is 1. The summed E-state index contributed by atoms with van der Waals surface area (Å²) in [4.78, 5) is 23.9. The van der Waals surface area contributed by atoms with Gasteiger partial charge in [-0.3, -0.25) is 9.59 Å². The number of amides is 1. The van der Waals surface area contributed by atoms with Crippen molar-refractivity contribution in [1.82, 2.24) is 15.1 Å². The molecule has 0 radical (unpaired) electrons. The summed E-state index contributed by atoms with van der Waals surface area (Å²) in [6.45, 7) is 0. The molecule has 0 bridgehead atoms. The molecule has 0 saturated carbocycles. The smallest absolute Gasteiger partial charge is 0.305 e. The molecule has 1 heterocycles. The predicted molar refractivity (Wildman–Crippen MR) is 106 cm³/mol. The van der Waals surface area contributed by atoms with E-state index in [0.29, 0.717) is 16.5 Å². The third kappa shape index (κ3) is 4.52. The fraction of sp³-hybridized carbons (Fsp3) is 0.150. The van der Waals surface area contributed by atoms with Crippen LogP contribution in [-0.2, 0) is 4.79 Å². The number of hydrogen-bond donors (Lipinski definition) is 3. The molecule has 0 aliphatic heterocycles. The summed E-state index contributed by atoms with van der Waals surface area (Å²) in [6.07, 6.45) is -0.576. The number of nitrogens with one attached hydrogen (secondary N) is 1. The van der Waals surface area contributed by atoms with Crippen molar-refractivity contribution in [3.05, 3.63) is 70.6 Å². The number of nitrogens with zero attached hydrogens (tertiary/aromatic N) is 2. The standard InChI is InChI=1S/C20H17ClFN3O5/c1-30-11-6-7-14(22)12(8-11)15(10-19(27)28)23-20(29)16-9-18(26)25(24-16)17-5-3-2-4-13(17)21/h2-9,15,26H,10H2,1H3,(H,23,29)(H,27,28). The lowest BCUT2D eigenvalue weighted by molar-refractivity contribution is -0.137. The Labute approximate surface area is 175 Å². The van der Waals surface area contributed by atoms with Crippen molar-refractivity contribution < 1.29 is 28.9 Å². The molecule has 1 unspecified atom stereocenters. The maximum absolute atomic E-state index is 14.3. The fourth-order valence-corrected chi connectivity index (χ4v) is 3.06. The number of carboxylic acids is 1. The van der Waals surface area contributed by atoms with E-state index < -0.39 is 30.2 Å². The van der Waals surface area contributed by atoms with Crippen LogP contribution in [0.2, 0.25) is 5.02 Å².